The Labute approximate surface area is 200 Å². The summed E-state index contributed by atoms with van der Waals surface area (Å²) in [5.74, 6) is 1.27. The molecule has 7 rings (SSSR count). The maximum absolute atomic E-state index is 4.96. The summed E-state index contributed by atoms with van der Waals surface area (Å²) in [6.45, 7) is 6.89. The van der Waals surface area contributed by atoms with Crippen molar-refractivity contribution < 1.29 is 4.57 Å². The van der Waals surface area contributed by atoms with Crippen LogP contribution < -0.4 is 4.57 Å². The van der Waals surface area contributed by atoms with Crippen LogP contribution in [0.3, 0.4) is 0 Å². The fourth-order valence-corrected chi connectivity index (χ4v) is 6.83. The molecule has 0 bridgehead atoms. The van der Waals surface area contributed by atoms with Crippen molar-refractivity contribution >= 4 is 49.1 Å². The first-order chi connectivity index (χ1) is 16.5. The van der Waals surface area contributed by atoms with Crippen LogP contribution in [0.1, 0.15) is 62.1 Å². The van der Waals surface area contributed by atoms with Crippen LogP contribution >= 0.6 is 0 Å². The second-order valence-corrected chi connectivity index (χ2v) is 11.0. The largest absolute Gasteiger partial charge is 0.307 e. The first-order valence-corrected chi connectivity index (χ1v) is 12.9. The van der Waals surface area contributed by atoms with E-state index in [-0.39, 0.29) is 0 Å². The van der Waals surface area contributed by atoms with Gasteiger partial charge in [-0.2, -0.15) is 0 Å². The van der Waals surface area contributed by atoms with Gasteiger partial charge in [-0.3, -0.25) is 0 Å². The van der Waals surface area contributed by atoms with Crippen LogP contribution in [0, 0.1) is 12.8 Å². The van der Waals surface area contributed by atoms with Crippen molar-refractivity contribution in [2.24, 2.45) is 13.0 Å². The zero-order valence-corrected chi connectivity index (χ0v) is 20.7. The summed E-state index contributed by atoms with van der Waals surface area (Å²) in [5, 5.41) is 5.36. The lowest BCUT2D eigenvalue weighted by atomic mass is 9.95. The van der Waals surface area contributed by atoms with Crippen LogP contribution in [0.15, 0.2) is 48.8 Å². The maximum Gasteiger partial charge on any atom is 0.287 e. The van der Waals surface area contributed by atoms with Gasteiger partial charge in [0.25, 0.3) is 6.33 Å². The summed E-state index contributed by atoms with van der Waals surface area (Å²) >= 11 is 0. The molecule has 0 atom stereocenters. The van der Waals surface area contributed by atoms with E-state index in [9.17, 15) is 0 Å². The fourth-order valence-electron chi connectivity index (χ4n) is 6.83. The van der Waals surface area contributed by atoms with E-state index in [4.69, 9.17) is 4.98 Å². The van der Waals surface area contributed by atoms with Crippen LogP contribution in [-0.4, -0.2) is 9.38 Å². The minimum atomic E-state index is 0.456. The highest BCUT2D eigenvalue weighted by atomic mass is 15.0. The lowest BCUT2D eigenvalue weighted by Gasteiger charge is -2.16. The van der Waals surface area contributed by atoms with Crippen LogP contribution in [0.2, 0.25) is 0 Å². The minimum absolute atomic E-state index is 0.456. The van der Waals surface area contributed by atoms with E-state index in [0.717, 1.165) is 11.4 Å². The molecule has 34 heavy (non-hydrogen) atoms. The molecule has 1 fully saturated rings. The van der Waals surface area contributed by atoms with Gasteiger partial charge in [0.05, 0.1) is 29.0 Å². The third-order valence-electron chi connectivity index (χ3n) is 8.41. The van der Waals surface area contributed by atoms with Crippen molar-refractivity contribution in [3.8, 4) is 0 Å². The number of para-hydroxylation sites is 1. The summed E-state index contributed by atoms with van der Waals surface area (Å²) < 4.78 is 4.83. The van der Waals surface area contributed by atoms with Gasteiger partial charge in [-0.05, 0) is 59.0 Å². The highest BCUT2D eigenvalue weighted by molar-refractivity contribution is 6.25. The Morgan fingerprint density at radius 1 is 1.00 bits per heavy atom. The number of aromatic nitrogens is 3. The Morgan fingerprint density at radius 3 is 2.59 bits per heavy atom. The molecule has 0 N–H and O–H groups in total. The van der Waals surface area contributed by atoms with Crippen molar-refractivity contribution in [3.63, 3.8) is 0 Å². The topological polar surface area (TPSA) is 21.2 Å². The van der Waals surface area contributed by atoms with E-state index in [2.05, 4.69) is 79.3 Å². The third-order valence-corrected chi connectivity index (χ3v) is 8.41. The molecule has 0 aliphatic heterocycles. The Balaban J connectivity index is 1.75. The van der Waals surface area contributed by atoms with Gasteiger partial charge in [0.1, 0.15) is 5.52 Å². The molecule has 0 unspecified atom stereocenters. The number of rotatable bonds is 3. The Bertz CT molecular complexity index is 1730. The quantitative estimate of drug-likeness (QED) is 0.158. The van der Waals surface area contributed by atoms with Crippen molar-refractivity contribution in [1.29, 1.82) is 0 Å². The standard InChI is InChI=1S/C31H32N3/c1-18(2)22-10-7-11-23-24-13-12-19(3)27-30(24)34(29(22)23)26-16-21(14-20-8-5-6-9-20)15-25-28(26)31(27)33(4)17-32-25/h7,10-13,15-18,20H,5-6,8-9,14H2,1-4H3/q+1. The SMILES string of the molecule is Cc1ccc2c3cccc(C(C)C)c3n3c4cc(CC5CCCC5)cc5nc[n+](C)c(c1c23)c54. The molecule has 3 aromatic heterocycles. The van der Waals surface area contributed by atoms with Crippen LogP contribution in [0.25, 0.3) is 49.1 Å². The van der Waals surface area contributed by atoms with Crippen molar-refractivity contribution in [2.45, 2.75) is 58.8 Å². The first kappa shape index (κ1) is 20.2. The lowest BCUT2D eigenvalue weighted by molar-refractivity contribution is -0.646. The zero-order valence-electron chi connectivity index (χ0n) is 20.7. The van der Waals surface area contributed by atoms with Gasteiger partial charge in [0.15, 0.2) is 5.52 Å². The van der Waals surface area contributed by atoms with Gasteiger partial charge < -0.3 is 4.40 Å². The monoisotopic (exact) mass is 446 g/mol. The van der Waals surface area contributed by atoms with Gasteiger partial charge in [-0.1, -0.05) is 69.9 Å². The van der Waals surface area contributed by atoms with Crippen LogP contribution in [0.4, 0.5) is 0 Å². The lowest BCUT2D eigenvalue weighted by Crippen LogP contribution is -2.30. The molecule has 0 amide bonds. The van der Waals surface area contributed by atoms with Crippen molar-refractivity contribution in [1.82, 2.24) is 9.38 Å². The second-order valence-electron chi connectivity index (χ2n) is 11.0. The molecule has 170 valence electrons. The van der Waals surface area contributed by atoms with E-state index >= 15 is 0 Å². The molecule has 1 aliphatic rings. The molecule has 3 heterocycles. The Kier molecular flexibility index (Phi) is 4.25. The number of pyridine rings is 1. The molecular weight excluding hydrogens is 414 g/mol. The summed E-state index contributed by atoms with van der Waals surface area (Å²) in [6, 6.07) is 16.4. The van der Waals surface area contributed by atoms with Gasteiger partial charge in [-0.15, -0.1) is 0 Å². The molecule has 0 spiro atoms. The Hall–Kier alpha value is -3.20. The highest BCUT2D eigenvalue weighted by Gasteiger charge is 2.26. The van der Waals surface area contributed by atoms with E-state index in [0.29, 0.717) is 5.92 Å². The molecule has 3 nitrogen and oxygen atoms in total. The van der Waals surface area contributed by atoms with Crippen molar-refractivity contribution in [2.75, 3.05) is 0 Å². The van der Waals surface area contributed by atoms with E-state index in [1.807, 2.05) is 6.33 Å². The molecule has 3 aromatic carbocycles. The number of benzene rings is 3. The fraction of sp³-hybridized carbons (Fsp3) is 0.355. The molecule has 0 saturated heterocycles. The summed E-state index contributed by atoms with van der Waals surface area (Å²) in [5.41, 5.74) is 10.7. The smallest absolute Gasteiger partial charge is 0.287 e. The molecule has 0 radical (unpaired) electrons. The normalized spacial score (nSPS) is 15.4. The number of hydrogen-bond donors (Lipinski definition) is 0. The summed E-state index contributed by atoms with van der Waals surface area (Å²) in [7, 11) is 2.15. The van der Waals surface area contributed by atoms with Crippen LogP contribution in [0.5, 0.6) is 0 Å². The number of fused-ring (bicyclic) bond motifs is 5. The molecule has 1 aliphatic carbocycles. The van der Waals surface area contributed by atoms with E-state index in [1.54, 1.807) is 0 Å². The maximum atomic E-state index is 4.96. The van der Waals surface area contributed by atoms with Gasteiger partial charge in [0.2, 0.25) is 0 Å². The first-order valence-electron chi connectivity index (χ1n) is 12.9. The summed E-state index contributed by atoms with van der Waals surface area (Å²) in [4.78, 5) is 4.96. The second kappa shape index (κ2) is 7.15. The number of aryl methyl sites for hydroxylation is 2. The van der Waals surface area contributed by atoms with E-state index in [1.165, 1.54) is 92.4 Å². The molecular formula is C31H32N3+. The number of nitrogens with zero attached hydrogens (tertiary/aromatic N) is 3. The number of hydrogen-bond acceptors (Lipinski definition) is 1. The third kappa shape index (κ3) is 2.64. The van der Waals surface area contributed by atoms with Gasteiger partial charge in [-0.25, -0.2) is 4.57 Å². The Morgan fingerprint density at radius 2 is 1.79 bits per heavy atom. The molecule has 3 heteroatoms. The molecule has 6 aromatic rings. The van der Waals surface area contributed by atoms with Crippen LogP contribution in [-0.2, 0) is 13.5 Å². The average Bonchev–Trinajstić information content (AvgIpc) is 3.45. The minimum Gasteiger partial charge on any atom is -0.307 e. The highest BCUT2D eigenvalue weighted by Crippen LogP contribution is 2.42. The molecule has 1 saturated carbocycles. The van der Waals surface area contributed by atoms with Crippen molar-refractivity contribution in [3.05, 3.63) is 65.5 Å². The predicted octanol–water partition coefficient (Wildman–Crippen LogP) is 7.37. The predicted molar refractivity (Wildman–Crippen MR) is 142 cm³/mol. The zero-order chi connectivity index (χ0) is 23.1. The van der Waals surface area contributed by atoms with Gasteiger partial charge in [0, 0.05) is 16.2 Å². The van der Waals surface area contributed by atoms with Gasteiger partial charge >= 0.3 is 0 Å². The van der Waals surface area contributed by atoms with E-state index < -0.39 is 0 Å². The summed E-state index contributed by atoms with van der Waals surface area (Å²) in [6.07, 6.45) is 8.68. The average molecular weight is 447 g/mol.